The molecule has 178 valence electrons. The summed E-state index contributed by atoms with van der Waals surface area (Å²) in [5, 5.41) is 4.93. The van der Waals surface area contributed by atoms with E-state index in [0.29, 0.717) is 31.0 Å². The summed E-state index contributed by atoms with van der Waals surface area (Å²) in [7, 11) is 0. The maximum absolute atomic E-state index is 13.0. The number of hydrogen-bond acceptors (Lipinski definition) is 5. The van der Waals surface area contributed by atoms with Crippen molar-refractivity contribution in [3.05, 3.63) is 118 Å². The molecule has 0 fully saturated rings. The van der Waals surface area contributed by atoms with Crippen LogP contribution < -0.4 is 11.3 Å². The second-order valence-electron chi connectivity index (χ2n) is 9.07. The summed E-state index contributed by atoms with van der Waals surface area (Å²) in [6.45, 7) is 2.05. The van der Waals surface area contributed by atoms with Crippen LogP contribution in [0.3, 0.4) is 0 Å². The van der Waals surface area contributed by atoms with Crippen LogP contribution in [0, 0.1) is 0 Å². The zero-order valence-electron chi connectivity index (χ0n) is 19.8. The number of benzene rings is 3. The van der Waals surface area contributed by atoms with Crippen LogP contribution in [0.25, 0.3) is 28.3 Å². The first-order valence-corrected chi connectivity index (χ1v) is 12.0. The van der Waals surface area contributed by atoms with Crippen LogP contribution >= 0.6 is 0 Å². The van der Waals surface area contributed by atoms with E-state index in [0.717, 1.165) is 45.9 Å². The Balaban J connectivity index is 1.30. The van der Waals surface area contributed by atoms with E-state index in [1.54, 1.807) is 0 Å². The third-order valence-corrected chi connectivity index (χ3v) is 6.58. The highest BCUT2D eigenvalue weighted by Crippen LogP contribution is 2.27. The zero-order chi connectivity index (χ0) is 24.5. The second kappa shape index (κ2) is 9.28. The number of rotatable bonds is 5. The summed E-state index contributed by atoms with van der Waals surface area (Å²) in [6, 6.07) is 27.7. The number of nitrogens with one attached hydrogen (secondary N) is 1. The summed E-state index contributed by atoms with van der Waals surface area (Å²) in [5.74, 6) is 0.586. The smallest absolute Gasteiger partial charge is 0.255 e. The van der Waals surface area contributed by atoms with Gasteiger partial charge in [-0.15, -0.1) is 0 Å². The van der Waals surface area contributed by atoms with Gasteiger partial charge in [0, 0.05) is 54.6 Å². The number of anilines is 1. The predicted molar refractivity (Wildman–Crippen MR) is 142 cm³/mol. The number of para-hydroxylation sites is 1. The molecule has 2 aromatic heterocycles. The monoisotopic (exact) mass is 474 g/mol. The predicted octanol–water partition coefficient (Wildman–Crippen LogP) is 4.43. The molecule has 0 unspecified atom stereocenters. The van der Waals surface area contributed by atoms with Crippen molar-refractivity contribution in [3.8, 4) is 28.3 Å². The lowest BCUT2D eigenvalue weighted by Crippen LogP contribution is -2.35. The van der Waals surface area contributed by atoms with Gasteiger partial charge in [0.05, 0.1) is 22.6 Å². The molecule has 0 saturated heterocycles. The number of aromatic amines is 1. The van der Waals surface area contributed by atoms with Crippen molar-refractivity contribution in [2.75, 3.05) is 12.3 Å². The molecule has 5 aromatic rings. The first kappa shape index (κ1) is 22.0. The Morgan fingerprint density at radius 1 is 0.889 bits per heavy atom. The molecule has 0 bridgehead atoms. The van der Waals surface area contributed by atoms with Crippen LogP contribution in [0.5, 0.6) is 0 Å². The Hall–Kier alpha value is -4.49. The van der Waals surface area contributed by atoms with Gasteiger partial charge in [-0.1, -0.05) is 48.5 Å². The average molecular weight is 475 g/mol. The Kier molecular flexibility index (Phi) is 5.67. The van der Waals surface area contributed by atoms with Crippen LogP contribution in [0.1, 0.15) is 16.8 Å². The number of hydrogen-bond donors (Lipinski definition) is 2. The summed E-state index contributed by atoms with van der Waals surface area (Å²) in [6.07, 6.45) is 2.81. The van der Waals surface area contributed by atoms with Gasteiger partial charge >= 0.3 is 0 Å². The number of aromatic nitrogens is 4. The first-order chi connectivity index (χ1) is 17.6. The molecular weight excluding hydrogens is 448 g/mol. The summed E-state index contributed by atoms with van der Waals surface area (Å²) >= 11 is 0. The topological polar surface area (TPSA) is 92.8 Å². The van der Waals surface area contributed by atoms with E-state index in [9.17, 15) is 4.79 Å². The number of nitrogens with zero attached hydrogens (tertiary/aromatic N) is 4. The molecule has 3 N–H and O–H groups in total. The summed E-state index contributed by atoms with van der Waals surface area (Å²) in [5.41, 5.74) is 13.0. The van der Waals surface area contributed by atoms with E-state index >= 15 is 0 Å². The van der Waals surface area contributed by atoms with Crippen LogP contribution in [0.4, 0.5) is 5.69 Å². The Morgan fingerprint density at radius 2 is 1.61 bits per heavy atom. The minimum absolute atomic E-state index is 0.0835. The average Bonchev–Trinajstić information content (AvgIpc) is 3.34. The number of H-pyrrole nitrogens is 1. The van der Waals surface area contributed by atoms with Crippen molar-refractivity contribution in [3.63, 3.8) is 0 Å². The fourth-order valence-electron chi connectivity index (χ4n) is 4.71. The van der Waals surface area contributed by atoms with Crippen molar-refractivity contribution in [1.82, 2.24) is 24.6 Å². The van der Waals surface area contributed by atoms with Gasteiger partial charge in [-0.2, -0.15) is 5.10 Å². The van der Waals surface area contributed by atoms with Gasteiger partial charge in [0.15, 0.2) is 0 Å². The molecule has 6 rings (SSSR count). The number of nitrogen functional groups attached to an aromatic ring is 1. The standard InChI is InChI=1S/C29H26N6O/c30-23-13-11-21(12-14-23)28-31-26-15-16-34(19-25(26)29(36)32-28)17-22-18-35(24-9-5-2-6-10-24)33-27(22)20-7-3-1-4-8-20/h1-14,18H,15-17,19,30H2,(H,31,32,36). The summed E-state index contributed by atoms with van der Waals surface area (Å²) < 4.78 is 1.93. The van der Waals surface area contributed by atoms with E-state index in [-0.39, 0.29) is 5.56 Å². The van der Waals surface area contributed by atoms with E-state index in [2.05, 4.69) is 28.2 Å². The minimum Gasteiger partial charge on any atom is -0.399 e. The van der Waals surface area contributed by atoms with Gasteiger partial charge in [0.1, 0.15) is 5.82 Å². The molecule has 36 heavy (non-hydrogen) atoms. The molecule has 0 spiro atoms. The summed E-state index contributed by atoms with van der Waals surface area (Å²) in [4.78, 5) is 23.1. The second-order valence-corrected chi connectivity index (χ2v) is 9.07. The highest BCUT2D eigenvalue weighted by Gasteiger charge is 2.23. The van der Waals surface area contributed by atoms with Gasteiger partial charge in [0.2, 0.25) is 0 Å². The van der Waals surface area contributed by atoms with E-state index in [4.69, 9.17) is 15.8 Å². The fraction of sp³-hybridized carbons (Fsp3) is 0.138. The molecule has 0 atom stereocenters. The zero-order valence-corrected chi connectivity index (χ0v) is 19.8. The highest BCUT2D eigenvalue weighted by atomic mass is 16.1. The molecule has 3 aromatic carbocycles. The lowest BCUT2D eigenvalue weighted by Gasteiger charge is -2.27. The van der Waals surface area contributed by atoms with Crippen LogP contribution in [-0.2, 0) is 19.5 Å². The van der Waals surface area contributed by atoms with Crippen molar-refractivity contribution in [2.24, 2.45) is 0 Å². The Labute approximate surface area is 208 Å². The van der Waals surface area contributed by atoms with E-state index in [1.165, 1.54) is 0 Å². The van der Waals surface area contributed by atoms with Crippen molar-refractivity contribution >= 4 is 5.69 Å². The number of fused-ring (bicyclic) bond motifs is 1. The number of nitrogens with two attached hydrogens (primary N) is 1. The molecule has 7 heteroatoms. The van der Waals surface area contributed by atoms with E-state index in [1.807, 2.05) is 77.5 Å². The molecular formula is C29H26N6O. The third-order valence-electron chi connectivity index (χ3n) is 6.58. The van der Waals surface area contributed by atoms with E-state index < -0.39 is 0 Å². The molecule has 0 radical (unpaired) electrons. The van der Waals surface area contributed by atoms with Crippen LogP contribution in [0.2, 0.25) is 0 Å². The highest BCUT2D eigenvalue weighted by molar-refractivity contribution is 5.63. The molecule has 3 heterocycles. The van der Waals surface area contributed by atoms with Crippen molar-refractivity contribution in [2.45, 2.75) is 19.5 Å². The SMILES string of the molecule is Nc1ccc(-c2nc3c(c(=O)[nH]2)CN(Cc2cn(-c4ccccc4)nc2-c2ccccc2)CC3)cc1. The molecule has 0 saturated carbocycles. The Morgan fingerprint density at radius 3 is 2.36 bits per heavy atom. The lowest BCUT2D eigenvalue weighted by atomic mass is 10.0. The molecule has 0 amide bonds. The Bertz CT molecular complexity index is 1560. The van der Waals surface area contributed by atoms with Gasteiger partial charge in [-0.05, 0) is 36.4 Å². The molecule has 1 aliphatic rings. The molecule has 1 aliphatic heterocycles. The van der Waals surface area contributed by atoms with Crippen LogP contribution in [-0.4, -0.2) is 31.2 Å². The van der Waals surface area contributed by atoms with Gasteiger partial charge in [-0.3, -0.25) is 9.69 Å². The van der Waals surface area contributed by atoms with Crippen molar-refractivity contribution < 1.29 is 0 Å². The largest absolute Gasteiger partial charge is 0.399 e. The van der Waals surface area contributed by atoms with Gasteiger partial charge in [0.25, 0.3) is 5.56 Å². The quantitative estimate of drug-likeness (QED) is 0.368. The molecule has 7 nitrogen and oxygen atoms in total. The van der Waals surface area contributed by atoms with Gasteiger partial charge in [-0.25, -0.2) is 9.67 Å². The maximum Gasteiger partial charge on any atom is 0.255 e. The minimum atomic E-state index is -0.0835. The van der Waals surface area contributed by atoms with Crippen LogP contribution in [0.15, 0.2) is 95.9 Å². The normalized spacial score (nSPS) is 13.4. The fourth-order valence-corrected chi connectivity index (χ4v) is 4.71. The first-order valence-electron chi connectivity index (χ1n) is 12.0. The van der Waals surface area contributed by atoms with Gasteiger partial charge < -0.3 is 10.7 Å². The molecule has 0 aliphatic carbocycles. The maximum atomic E-state index is 13.0. The lowest BCUT2D eigenvalue weighted by molar-refractivity contribution is 0.242. The third kappa shape index (κ3) is 4.32. The van der Waals surface area contributed by atoms with Crippen molar-refractivity contribution in [1.29, 1.82) is 0 Å².